The van der Waals surface area contributed by atoms with Crippen LogP contribution in [0.15, 0.2) is 16.5 Å². The molecule has 72 valence electrons. The Balaban J connectivity index is 2.51. The summed E-state index contributed by atoms with van der Waals surface area (Å²) in [6, 6.07) is 3.19. The van der Waals surface area contributed by atoms with Crippen molar-refractivity contribution >= 4 is 29.2 Å². The third kappa shape index (κ3) is 1.78. The summed E-state index contributed by atoms with van der Waals surface area (Å²) in [7, 11) is 0. The number of furan rings is 1. The summed E-state index contributed by atoms with van der Waals surface area (Å²) < 4.78 is 5.08. The average Bonchev–Trinajstić information content (AvgIpc) is 2.50. The molecule has 0 fully saturated rings. The van der Waals surface area contributed by atoms with E-state index in [-0.39, 0.29) is 22.3 Å². The highest BCUT2D eigenvalue weighted by Gasteiger charge is 2.09. The van der Waals surface area contributed by atoms with Crippen LogP contribution >= 0.6 is 23.2 Å². The van der Waals surface area contributed by atoms with Crippen molar-refractivity contribution in [2.45, 2.75) is 0 Å². The van der Waals surface area contributed by atoms with Gasteiger partial charge in [-0.15, -0.1) is 0 Å². The molecule has 2 rings (SSSR count). The predicted octanol–water partition coefficient (Wildman–Crippen LogP) is 2.02. The van der Waals surface area contributed by atoms with Crippen LogP contribution in [0.25, 0.3) is 11.6 Å². The highest BCUT2D eigenvalue weighted by atomic mass is 35.5. The van der Waals surface area contributed by atoms with Crippen LogP contribution in [0.1, 0.15) is 0 Å². The third-order valence-corrected chi connectivity index (χ3v) is 1.79. The topological polar surface area (TPSA) is 77.8 Å². The minimum absolute atomic E-state index is 0.0139. The molecule has 0 aliphatic carbocycles. The van der Waals surface area contributed by atoms with Gasteiger partial charge in [0.15, 0.2) is 11.0 Å². The standard InChI is InChI=1S/C7H4Cl2N4O/c8-4-2-1-3(14-4)5-11-6(9)13-7(10)12-5/h1-2H,(H2,10,11,12,13). The lowest BCUT2D eigenvalue weighted by Gasteiger charge is -1.96. The van der Waals surface area contributed by atoms with Crippen molar-refractivity contribution in [2.24, 2.45) is 0 Å². The summed E-state index contributed by atoms with van der Waals surface area (Å²) in [5.41, 5.74) is 5.38. The molecule has 0 bridgehead atoms. The van der Waals surface area contributed by atoms with Gasteiger partial charge in [0.1, 0.15) is 0 Å². The van der Waals surface area contributed by atoms with Gasteiger partial charge in [0.05, 0.1) is 0 Å². The molecule has 0 aromatic carbocycles. The molecule has 0 amide bonds. The SMILES string of the molecule is Nc1nc(Cl)nc(-c2ccc(Cl)o2)n1. The van der Waals surface area contributed by atoms with Gasteiger partial charge in [0.2, 0.25) is 17.1 Å². The second-order valence-electron chi connectivity index (χ2n) is 2.39. The van der Waals surface area contributed by atoms with Crippen LogP contribution < -0.4 is 5.73 Å². The van der Waals surface area contributed by atoms with Crippen LogP contribution in [-0.4, -0.2) is 15.0 Å². The van der Waals surface area contributed by atoms with Gasteiger partial charge in [-0.2, -0.15) is 15.0 Å². The maximum absolute atomic E-state index is 5.59. The van der Waals surface area contributed by atoms with E-state index >= 15 is 0 Å². The Bertz CT molecular complexity index is 450. The molecule has 5 nitrogen and oxygen atoms in total. The highest BCUT2D eigenvalue weighted by molar-refractivity contribution is 6.29. The summed E-state index contributed by atoms with van der Waals surface area (Å²) in [4.78, 5) is 11.3. The number of halogens is 2. The van der Waals surface area contributed by atoms with Crippen molar-refractivity contribution in [3.63, 3.8) is 0 Å². The fourth-order valence-corrected chi connectivity index (χ4v) is 1.22. The third-order valence-electron chi connectivity index (χ3n) is 1.42. The minimum Gasteiger partial charge on any atom is -0.441 e. The Labute approximate surface area is 88.9 Å². The van der Waals surface area contributed by atoms with E-state index in [1.165, 1.54) is 0 Å². The van der Waals surface area contributed by atoms with Crippen LogP contribution in [0.2, 0.25) is 10.5 Å². The average molecular weight is 231 g/mol. The molecule has 0 saturated heterocycles. The number of nitrogens with two attached hydrogens (primary N) is 1. The van der Waals surface area contributed by atoms with Crippen LogP contribution in [-0.2, 0) is 0 Å². The Morgan fingerprint density at radius 2 is 1.93 bits per heavy atom. The van der Waals surface area contributed by atoms with Crippen molar-refractivity contribution in [2.75, 3.05) is 5.73 Å². The van der Waals surface area contributed by atoms with Gasteiger partial charge in [-0.1, -0.05) is 0 Å². The summed E-state index contributed by atoms with van der Waals surface area (Å²) in [5, 5.41) is 0.259. The van der Waals surface area contributed by atoms with Crippen LogP contribution in [0.3, 0.4) is 0 Å². The fourth-order valence-electron chi connectivity index (χ4n) is 0.910. The molecule has 2 aromatic heterocycles. The zero-order valence-corrected chi connectivity index (χ0v) is 8.25. The van der Waals surface area contributed by atoms with E-state index < -0.39 is 0 Å². The number of hydrogen-bond acceptors (Lipinski definition) is 5. The van der Waals surface area contributed by atoms with Crippen molar-refractivity contribution in [3.05, 3.63) is 22.6 Å². The molecule has 2 N–H and O–H groups in total. The van der Waals surface area contributed by atoms with Crippen molar-refractivity contribution in [1.29, 1.82) is 0 Å². The van der Waals surface area contributed by atoms with Gasteiger partial charge in [0.25, 0.3) is 0 Å². The molecule has 0 saturated carbocycles. The lowest BCUT2D eigenvalue weighted by molar-refractivity contribution is 0.579. The van der Waals surface area contributed by atoms with E-state index in [4.69, 9.17) is 33.4 Å². The number of anilines is 1. The number of nitrogens with zero attached hydrogens (tertiary/aromatic N) is 3. The molecule has 0 aliphatic heterocycles. The van der Waals surface area contributed by atoms with Crippen molar-refractivity contribution in [3.8, 4) is 11.6 Å². The molecule has 0 radical (unpaired) electrons. The Kier molecular flexibility index (Phi) is 2.26. The lowest BCUT2D eigenvalue weighted by Crippen LogP contribution is -1.99. The zero-order valence-electron chi connectivity index (χ0n) is 6.74. The van der Waals surface area contributed by atoms with Crippen LogP contribution in [0.5, 0.6) is 0 Å². The molecule has 0 unspecified atom stereocenters. The molecular formula is C7H4Cl2N4O. The van der Waals surface area contributed by atoms with Gasteiger partial charge in [-0.25, -0.2) is 0 Å². The normalized spacial score (nSPS) is 10.4. The number of aromatic nitrogens is 3. The fraction of sp³-hybridized carbons (Fsp3) is 0. The molecule has 0 aliphatic rings. The van der Waals surface area contributed by atoms with Crippen molar-refractivity contribution in [1.82, 2.24) is 15.0 Å². The maximum Gasteiger partial charge on any atom is 0.227 e. The molecule has 2 aromatic rings. The van der Waals surface area contributed by atoms with E-state index in [0.717, 1.165) is 0 Å². The summed E-state index contributed by atoms with van der Waals surface area (Å²) in [5.74, 6) is 0.688. The Morgan fingerprint density at radius 3 is 2.50 bits per heavy atom. The molecule has 7 heteroatoms. The quantitative estimate of drug-likeness (QED) is 0.812. The first kappa shape index (κ1) is 9.23. The molecule has 2 heterocycles. The molecule has 0 atom stereocenters. The predicted molar refractivity (Wildman–Crippen MR) is 52.0 cm³/mol. The van der Waals surface area contributed by atoms with E-state index in [1.54, 1.807) is 12.1 Å². The zero-order chi connectivity index (χ0) is 10.1. The first-order chi connectivity index (χ1) is 6.65. The van der Waals surface area contributed by atoms with E-state index in [2.05, 4.69) is 15.0 Å². The lowest BCUT2D eigenvalue weighted by atomic mass is 10.4. The second-order valence-corrected chi connectivity index (χ2v) is 3.10. The summed E-state index contributed by atoms with van der Waals surface area (Å²) in [6.07, 6.45) is 0. The van der Waals surface area contributed by atoms with Gasteiger partial charge >= 0.3 is 0 Å². The van der Waals surface area contributed by atoms with E-state index in [9.17, 15) is 0 Å². The van der Waals surface area contributed by atoms with Gasteiger partial charge in [-0.05, 0) is 35.3 Å². The Hall–Kier alpha value is -1.33. The van der Waals surface area contributed by atoms with Crippen LogP contribution in [0.4, 0.5) is 5.95 Å². The van der Waals surface area contributed by atoms with Crippen LogP contribution in [0, 0.1) is 0 Å². The van der Waals surface area contributed by atoms with E-state index in [1.807, 2.05) is 0 Å². The first-order valence-electron chi connectivity index (χ1n) is 3.58. The summed E-state index contributed by atoms with van der Waals surface area (Å²) in [6.45, 7) is 0. The number of rotatable bonds is 1. The minimum atomic E-state index is 0.0139. The monoisotopic (exact) mass is 230 g/mol. The number of hydrogen-bond donors (Lipinski definition) is 1. The van der Waals surface area contributed by atoms with Gasteiger partial charge < -0.3 is 10.2 Å². The largest absolute Gasteiger partial charge is 0.441 e. The highest BCUT2D eigenvalue weighted by Crippen LogP contribution is 2.22. The smallest absolute Gasteiger partial charge is 0.227 e. The Morgan fingerprint density at radius 1 is 1.14 bits per heavy atom. The summed E-state index contributed by atoms with van der Waals surface area (Å²) >= 11 is 11.2. The van der Waals surface area contributed by atoms with Crippen molar-refractivity contribution < 1.29 is 4.42 Å². The van der Waals surface area contributed by atoms with Gasteiger partial charge in [-0.3, -0.25) is 0 Å². The van der Waals surface area contributed by atoms with E-state index in [0.29, 0.717) is 5.76 Å². The second kappa shape index (κ2) is 3.43. The molecule has 0 spiro atoms. The maximum atomic E-state index is 5.59. The molecule has 14 heavy (non-hydrogen) atoms. The number of nitrogen functional groups attached to an aromatic ring is 1. The molecular weight excluding hydrogens is 227 g/mol. The van der Waals surface area contributed by atoms with Gasteiger partial charge in [0, 0.05) is 0 Å². The first-order valence-corrected chi connectivity index (χ1v) is 4.33.